The molecule has 0 aliphatic rings. The lowest BCUT2D eigenvalue weighted by atomic mass is 10.1. The Balaban J connectivity index is 2.01. The van der Waals surface area contributed by atoms with Crippen molar-refractivity contribution in [3.63, 3.8) is 0 Å². The number of hydrogen-bond donors (Lipinski definition) is 1. The van der Waals surface area contributed by atoms with Gasteiger partial charge in [-0.3, -0.25) is 4.79 Å². The van der Waals surface area contributed by atoms with Crippen LogP contribution in [0.25, 0.3) is 6.08 Å². The molecule has 7 heteroatoms. The van der Waals surface area contributed by atoms with Crippen LogP contribution < -0.4 is 10.1 Å². The van der Waals surface area contributed by atoms with Gasteiger partial charge in [0.25, 0.3) is 5.91 Å². The second-order valence-electron chi connectivity index (χ2n) is 7.06. The van der Waals surface area contributed by atoms with Gasteiger partial charge in [-0.05, 0) is 86.3 Å². The zero-order chi connectivity index (χ0) is 22.6. The number of halogens is 3. The topological polar surface area (TPSA) is 62.1 Å². The fourth-order valence-corrected chi connectivity index (χ4v) is 4.36. The molecular formula is C24H25Br2FN2O2. The number of ether oxygens (including phenoxy) is 1. The molecule has 0 spiro atoms. The smallest absolute Gasteiger partial charge is 0.266 e. The summed E-state index contributed by atoms with van der Waals surface area (Å²) in [6.45, 7) is 2.83. The van der Waals surface area contributed by atoms with E-state index in [-0.39, 0.29) is 5.57 Å². The van der Waals surface area contributed by atoms with Crippen molar-refractivity contribution in [2.45, 2.75) is 45.4 Å². The van der Waals surface area contributed by atoms with Crippen LogP contribution in [0.3, 0.4) is 0 Å². The molecule has 0 saturated heterocycles. The quantitative estimate of drug-likeness (QED) is 0.177. The van der Waals surface area contributed by atoms with E-state index in [1.54, 1.807) is 12.1 Å². The SMILES string of the molecule is CCCCCCCCOc1c(Br)cc(/C=C(\C#N)C(=O)Nc2ccc(F)cc2)cc1Br. The van der Waals surface area contributed by atoms with Crippen molar-refractivity contribution in [2.24, 2.45) is 0 Å². The molecular weight excluding hydrogens is 527 g/mol. The van der Waals surface area contributed by atoms with E-state index in [9.17, 15) is 14.4 Å². The highest BCUT2D eigenvalue weighted by molar-refractivity contribution is 9.11. The van der Waals surface area contributed by atoms with Crippen LogP contribution in [0.5, 0.6) is 5.75 Å². The maximum atomic E-state index is 13.0. The predicted molar refractivity (Wildman–Crippen MR) is 129 cm³/mol. The number of carbonyl (C=O) groups is 1. The van der Waals surface area contributed by atoms with E-state index < -0.39 is 11.7 Å². The summed E-state index contributed by atoms with van der Waals surface area (Å²) in [4.78, 5) is 12.4. The van der Waals surface area contributed by atoms with E-state index in [4.69, 9.17) is 4.74 Å². The van der Waals surface area contributed by atoms with Gasteiger partial charge in [0.15, 0.2) is 0 Å². The molecule has 0 bridgehead atoms. The molecule has 0 radical (unpaired) electrons. The number of unbranched alkanes of at least 4 members (excludes halogenated alkanes) is 5. The molecule has 0 fully saturated rings. The van der Waals surface area contributed by atoms with Crippen molar-refractivity contribution >= 4 is 49.5 Å². The van der Waals surface area contributed by atoms with E-state index in [2.05, 4.69) is 44.1 Å². The minimum Gasteiger partial charge on any atom is -0.491 e. The molecule has 1 N–H and O–H groups in total. The standard InChI is InChI=1S/C24H25Br2FN2O2/c1-2-3-4-5-6-7-12-31-23-21(25)14-17(15-22(23)26)13-18(16-28)24(30)29-20-10-8-19(27)9-11-20/h8-11,13-15H,2-7,12H2,1H3,(H,29,30)/b18-13+. The molecule has 2 rings (SSSR count). The zero-order valence-corrected chi connectivity index (χ0v) is 20.6. The van der Waals surface area contributed by atoms with E-state index in [1.807, 2.05) is 6.07 Å². The van der Waals surface area contributed by atoms with E-state index in [0.29, 0.717) is 23.6 Å². The first-order valence-electron chi connectivity index (χ1n) is 10.2. The predicted octanol–water partition coefficient (Wildman–Crippen LogP) is 7.64. The molecule has 1 amide bonds. The zero-order valence-electron chi connectivity index (χ0n) is 17.4. The molecule has 31 heavy (non-hydrogen) atoms. The Morgan fingerprint density at radius 3 is 2.32 bits per heavy atom. The fraction of sp³-hybridized carbons (Fsp3) is 0.333. The first-order chi connectivity index (χ1) is 14.9. The van der Waals surface area contributed by atoms with Crippen molar-refractivity contribution in [3.8, 4) is 11.8 Å². The fourth-order valence-electron chi connectivity index (χ4n) is 2.90. The molecule has 4 nitrogen and oxygen atoms in total. The monoisotopic (exact) mass is 550 g/mol. The summed E-state index contributed by atoms with van der Waals surface area (Å²) >= 11 is 7.02. The Hall–Kier alpha value is -2.17. The third kappa shape index (κ3) is 8.47. The minimum atomic E-state index is -0.565. The van der Waals surface area contributed by atoms with Gasteiger partial charge in [-0.25, -0.2) is 4.39 Å². The average Bonchev–Trinajstić information content (AvgIpc) is 2.74. The number of rotatable bonds is 11. The lowest BCUT2D eigenvalue weighted by Gasteiger charge is -2.11. The Morgan fingerprint density at radius 1 is 1.10 bits per heavy atom. The number of nitrogens with zero attached hydrogens (tertiary/aromatic N) is 1. The molecule has 0 aromatic heterocycles. The number of hydrogen-bond acceptors (Lipinski definition) is 3. The second kappa shape index (κ2) is 13.3. The van der Waals surface area contributed by atoms with Crippen LogP contribution in [-0.4, -0.2) is 12.5 Å². The molecule has 0 unspecified atom stereocenters. The first kappa shape index (κ1) is 25.1. The summed E-state index contributed by atoms with van der Waals surface area (Å²) < 4.78 is 20.4. The number of benzene rings is 2. The average molecular weight is 552 g/mol. The number of carbonyl (C=O) groups excluding carboxylic acids is 1. The van der Waals surface area contributed by atoms with Gasteiger partial charge in [0.05, 0.1) is 15.6 Å². The van der Waals surface area contributed by atoms with Crippen LogP contribution in [0.15, 0.2) is 50.9 Å². The van der Waals surface area contributed by atoms with Crippen molar-refractivity contribution in [2.75, 3.05) is 11.9 Å². The van der Waals surface area contributed by atoms with Crippen LogP contribution in [0.4, 0.5) is 10.1 Å². The number of nitriles is 1. The van der Waals surface area contributed by atoms with E-state index in [1.165, 1.54) is 56.0 Å². The Kier molecular flexibility index (Phi) is 10.8. The summed E-state index contributed by atoms with van der Waals surface area (Å²) in [5, 5.41) is 12.0. The molecule has 0 aliphatic heterocycles. The van der Waals surface area contributed by atoms with Crippen LogP contribution in [0, 0.1) is 17.1 Å². The van der Waals surface area contributed by atoms with Crippen molar-refractivity contribution in [1.82, 2.24) is 0 Å². The summed E-state index contributed by atoms with van der Waals surface area (Å²) in [6.07, 6.45) is 8.63. The summed E-state index contributed by atoms with van der Waals surface area (Å²) in [5.74, 6) is -0.271. The first-order valence-corrected chi connectivity index (χ1v) is 11.8. The summed E-state index contributed by atoms with van der Waals surface area (Å²) in [7, 11) is 0. The van der Waals surface area contributed by atoms with Gasteiger partial charge in [-0.15, -0.1) is 0 Å². The molecule has 0 atom stereocenters. The lowest BCUT2D eigenvalue weighted by molar-refractivity contribution is -0.112. The highest BCUT2D eigenvalue weighted by atomic mass is 79.9. The second-order valence-corrected chi connectivity index (χ2v) is 8.77. The molecule has 0 heterocycles. The van der Waals surface area contributed by atoms with Gasteiger partial charge in [0.2, 0.25) is 0 Å². The van der Waals surface area contributed by atoms with Crippen LogP contribution in [0.1, 0.15) is 51.0 Å². The highest BCUT2D eigenvalue weighted by Gasteiger charge is 2.13. The number of anilines is 1. The largest absolute Gasteiger partial charge is 0.491 e. The Morgan fingerprint density at radius 2 is 1.71 bits per heavy atom. The molecule has 2 aromatic carbocycles. The van der Waals surface area contributed by atoms with Gasteiger partial charge in [-0.1, -0.05) is 39.0 Å². The highest BCUT2D eigenvalue weighted by Crippen LogP contribution is 2.35. The van der Waals surface area contributed by atoms with E-state index in [0.717, 1.165) is 21.8 Å². The Bertz CT molecular complexity index is 930. The van der Waals surface area contributed by atoms with Crippen molar-refractivity contribution in [3.05, 3.63) is 62.3 Å². The normalized spacial score (nSPS) is 11.1. The molecule has 0 aliphatic carbocycles. The van der Waals surface area contributed by atoms with Crippen LogP contribution in [0.2, 0.25) is 0 Å². The molecule has 0 saturated carbocycles. The van der Waals surface area contributed by atoms with Crippen LogP contribution in [-0.2, 0) is 4.79 Å². The maximum absolute atomic E-state index is 13.0. The van der Waals surface area contributed by atoms with Crippen molar-refractivity contribution in [1.29, 1.82) is 5.26 Å². The minimum absolute atomic E-state index is 0.0659. The third-order valence-corrected chi connectivity index (χ3v) is 5.72. The van der Waals surface area contributed by atoms with Gasteiger partial charge >= 0.3 is 0 Å². The summed E-state index contributed by atoms with van der Waals surface area (Å²) in [5.41, 5.74) is 1.01. The van der Waals surface area contributed by atoms with Gasteiger partial charge in [0, 0.05) is 5.69 Å². The van der Waals surface area contributed by atoms with Gasteiger partial charge < -0.3 is 10.1 Å². The van der Waals surface area contributed by atoms with Crippen molar-refractivity contribution < 1.29 is 13.9 Å². The van der Waals surface area contributed by atoms with Gasteiger partial charge in [-0.2, -0.15) is 5.26 Å². The number of nitrogens with one attached hydrogen (secondary N) is 1. The Labute approximate surface area is 199 Å². The van der Waals surface area contributed by atoms with E-state index >= 15 is 0 Å². The molecule has 2 aromatic rings. The molecule has 164 valence electrons. The van der Waals surface area contributed by atoms with Gasteiger partial charge in [0.1, 0.15) is 23.2 Å². The van der Waals surface area contributed by atoms with Crippen LogP contribution >= 0.6 is 31.9 Å². The number of amides is 1. The third-order valence-electron chi connectivity index (χ3n) is 4.54. The summed E-state index contributed by atoms with van der Waals surface area (Å²) in [6, 6.07) is 10.9. The lowest BCUT2D eigenvalue weighted by Crippen LogP contribution is -2.13. The maximum Gasteiger partial charge on any atom is 0.266 e.